The summed E-state index contributed by atoms with van der Waals surface area (Å²) < 4.78 is 37.4. The highest BCUT2D eigenvalue weighted by Crippen LogP contribution is 2.32. The van der Waals surface area contributed by atoms with Crippen molar-refractivity contribution in [3.63, 3.8) is 0 Å². The van der Waals surface area contributed by atoms with Crippen molar-refractivity contribution in [3.05, 3.63) is 57.6 Å². The van der Waals surface area contributed by atoms with Crippen molar-refractivity contribution in [2.45, 2.75) is 12.3 Å². The Hall–Kier alpha value is -1.37. The number of alkyl halides is 3. The van der Waals surface area contributed by atoms with Gasteiger partial charge in [-0.05, 0) is 18.2 Å². The predicted octanol–water partition coefficient (Wildman–Crippen LogP) is 3.88. The summed E-state index contributed by atoms with van der Waals surface area (Å²) in [6, 6.07) is 4.76. The highest BCUT2D eigenvalue weighted by atomic mass is 35.5. The molecule has 3 nitrogen and oxygen atoms in total. The third-order valence-corrected chi connectivity index (χ3v) is 3.02. The smallest absolute Gasteiger partial charge is 0.382 e. The van der Waals surface area contributed by atoms with Gasteiger partial charge in [-0.1, -0.05) is 29.3 Å². The van der Waals surface area contributed by atoms with Crippen LogP contribution in [0.1, 0.15) is 23.1 Å². The van der Waals surface area contributed by atoms with Crippen molar-refractivity contribution >= 4 is 23.2 Å². The molecule has 0 aliphatic heterocycles. The van der Waals surface area contributed by atoms with E-state index in [2.05, 4.69) is 9.97 Å². The van der Waals surface area contributed by atoms with Gasteiger partial charge in [0.25, 0.3) is 0 Å². The maximum absolute atomic E-state index is 12.5. The Balaban J connectivity index is 2.36. The van der Waals surface area contributed by atoms with E-state index in [9.17, 15) is 18.3 Å². The number of hydrogen-bond acceptors (Lipinski definition) is 3. The molecule has 8 heteroatoms. The van der Waals surface area contributed by atoms with Gasteiger partial charge in [0.1, 0.15) is 17.0 Å². The van der Waals surface area contributed by atoms with Gasteiger partial charge < -0.3 is 5.11 Å². The first-order chi connectivity index (χ1) is 9.29. The largest absolute Gasteiger partial charge is 0.433 e. The zero-order valence-corrected chi connectivity index (χ0v) is 11.2. The highest BCUT2D eigenvalue weighted by molar-refractivity contribution is 6.30. The standard InChI is InChI=1S/C12H7Cl2F3N2O/c13-6-1-3-8(18-5-6)10(20)7-2-4-9(12(15,16)17)19-11(7)14/h1-5,10,20H. The van der Waals surface area contributed by atoms with E-state index >= 15 is 0 Å². The quantitative estimate of drug-likeness (QED) is 0.853. The van der Waals surface area contributed by atoms with Crippen molar-refractivity contribution in [2.24, 2.45) is 0 Å². The van der Waals surface area contributed by atoms with Crippen molar-refractivity contribution in [2.75, 3.05) is 0 Å². The van der Waals surface area contributed by atoms with Crippen LogP contribution in [0.4, 0.5) is 13.2 Å². The maximum atomic E-state index is 12.5. The van der Waals surface area contributed by atoms with E-state index in [4.69, 9.17) is 23.2 Å². The lowest BCUT2D eigenvalue weighted by Crippen LogP contribution is -2.10. The molecule has 0 saturated carbocycles. The number of hydrogen-bond donors (Lipinski definition) is 1. The molecule has 2 rings (SSSR count). The van der Waals surface area contributed by atoms with Crippen molar-refractivity contribution < 1.29 is 18.3 Å². The fraction of sp³-hybridized carbons (Fsp3) is 0.167. The van der Waals surface area contributed by atoms with Gasteiger partial charge in [0, 0.05) is 11.8 Å². The van der Waals surface area contributed by atoms with E-state index in [1.54, 1.807) is 0 Å². The van der Waals surface area contributed by atoms with E-state index in [1.807, 2.05) is 0 Å². The average Bonchev–Trinajstić information content (AvgIpc) is 2.37. The molecule has 2 aromatic heterocycles. The fourth-order valence-electron chi connectivity index (χ4n) is 1.52. The number of aliphatic hydroxyl groups excluding tert-OH is 1. The summed E-state index contributed by atoms with van der Waals surface area (Å²) in [6.07, 6.45) is -4.56. The third-order valence-electron chi connectivity index (χ3n) is 2.49. The first-order valence-electron chi connectivity index (χ1n) is 5.32. The lowest BCUT2D eigenvalue weighted by atomic mass is 10.1. The second-order valence-electron chi connectivity index (χ2n) is 3.88. The number of rotatable bonds is 2. The topological polar surface area (TPSA) is 46.0 Å². The zero-order valence-electron chi connectivity index (χ0n) is 9.70. The molecule has 0 aliphatic carbocycles. The van der Waals surface area contributed by atoms with E-state index < -0.39 is 23.1 Å². The second kappa shape index (κ2) is 5.55. The van der Waals surface area contributed by atoms with Crippen molar-refractivity contribution in [3.8, 4) is 0 Å². The molecule has 0 bridgehead atoms. The minimum absolute atomic E-state index is 0.0366. The summed E-state index contributed by atoms with van der Waals surface area (Å²) in [5.41, 5.74) is -0.880. The van der Waals surface area contributed by atoms with Crippen molar-refractivity contribution in [1.29, 1.82) is 0 Å². The molecule has 1 N–H and O–H groups in total. The number of aromatic nitrogens is 2. The van der Waals surface area contributed by atoms with Crippen LogP contribution in [-0.4, -0.2) is 15.1 Å². The minimum Gasteiger partial charge on any atom is -0.382 e. The molecule has 2 heterocycles. The summed E-state index contributed by atoms with van der Waals surface area (Å²) in [7, 11) is 0. The van der Waals surface area contributed by atoms with E-state index in [-0.39, 0.29) is 11.3 Å². The molecular formula is C12H7Cl2F3N2O. The summed E-state index contributed by atoms with van der Waals surface area (Å²) in [5.74, 6) is 0. The number of aliphatic hydroxyl groups is 1. The number of pyridine rings is 2. The minimum atomic E-state index is -4.59. The Labute approximate surface area is 122 Å². The van der Waals surface area contributed by atoms with Crippen LogP contribution in [0.15, 0.2) is 30.5 Å². The molecular weight excluding hydrogens is 316 g/mol. The lowest BCUT2D eigenvalue weighted by molar-refractivity contribution is -0.141. The molecule has 0 aliphatic rings. The van der Waals surface area contributed by atoms with Gasteiger partial charge >= 0.3 is 6.18 Å². The summed E-state index contributed by atoms with van der Waals surface area (Å²) in [5, 5.41) is 9.99. The number of nitrogens with zero attached hydrogens (tertiary/aromatic N) is 2. The Morgan fingerprint density at radius 3 is 2.30 bits per heavy atom. The Morgan fingerprint density at radius 2 is 1.80 bits per heavy atom. The van der Waals surface area contributed by atoms with Gasteiger partial charge in [0.2, 0.25) is 0 Å². The van der Waals surface area contributed by atoms with Crippen LogP contribution in [0.3, 0.4) is 0 Å². The summed E-state index contributed by atoms with van der Waals surface area (Å²) >= 11 is 11.3. The molecule has 20 heavy (non-hydrogen) atoms. The van der Waals surface area contributed by atoms with Crippen LogP contribution in [0.2, 0.25) is 10.2 Å². The Bertz CT molecular complexity index is 617. The van der Waals surface area contributed by atoms with Gasteiger partial charge in [-0.25, -0.2) is 4.98 Å². The molecule has 106 valence electrons. The highest BCUT2D eigenvalue weighted by Gasteiger charge is 2.33. The van der Waals surface area contributed by atoms with E-state index in [0.29, 0.717) is 5.02 Å². The monoisotopic (exact) mass is 322 g/mol. The molecule has 2 aromatic rings. The van der Waals surface area contributed by atoms with Crippen molar-refractivity contribution in [1.82, 2.24) is 9.97 Å². The Kier molecular flexibility index (Phi) is 4.17. The van der Waals surface area contributed by atoms with Gasteiger partial charge in [0.15, 0.2) is 0 Å². The number of halogens is 5. The molecule has 0 aromatic carbocycles. The van der Waals surface area contributed by atoms with Crippen LogP contribution < -0.4 is 0 Å². The van der Waals surface area contributed by atoms with Crippen LogP contribution in [0.5, 0.6) is 0 Å². The zero-order chi connectivity index (χ0) is 14.9. The molecule has 0 spiro atoms. The van der Waals surface area contributed by atoms with Crippen LogP contribution >= 0.6 is 23.2 Å². The first-order valence-corrected chi connectivity index (χ1v) is 6.08. The second-order valence-corrected chi connectivity index (χ2v) is 4.67. The molecule has 1 unspecified atom stereocenters. The first kappa shape index (κ1) is 15.0. The maximum Gasteiger partial charge on any atom is 0.433 e. The average molecular weight is 323 g/mol. The van der Waals surface area contributed by atoms with Crippen LogP contribution in [-0.2, 0) is 6.18 Å². The van der Waals surface area contributed by atoms with Gasteiger partial charge in [-0.3, -0.25) is 4.98 Å². The summed E-state index contributed by atoms with van der Waals surface area (Å²) in [6.45, 7) is 0. The van der Waals surface area contributed by atoms with E-state index in [0.717, 1.165) is 12.1 Å². The normalized spacial score (nSPS) is 13.3. The SMILES string of the molecule is OC(c1ccc(Cl)cn1)c1ccc(C(F)(F)F)nc1Cl. The van der Waals surface area contributed by atoms with E-state index in [1.165, 1.54) is 18.3 Å². The van der Waals surface area contributed by atoms with Gasteiger partial charge in [-0.2, -0.15) is 13.2 Å². The van der Waals surface area contributed by atoms with Gasteiger partial charge in [0.05, 0.1) is 10.7 Å². The fourth-order valence-corrected chi connectivity index (χ4v) is 1.88. The molecule has 0 radical (unpaired) electrons. The molecule has 0 amide bonds. The predicted molar refractivity (Wildman–Crippen MR) is 67.6 cm³/mol. The molecule has 1 atom stereocenters. The van der Waals surface area contributed by atoms with Crippen LogP contribution in [0, 0.1) is 0 Å². The summed E-state index contributed by atoms with van der Waals surface area (Å²) in [4.78, 5) is 7.11. The van der Waals surface area contributed by atoms with Gasteiger partial charge in [-0.15, -0.1) is 0 Å². The third kappa shape index (κ3) is 3.20. The lowest BCUT2D eigenvalue weighted by Gasteiger charge is -2.13. The molecule has 0 fully saturated rings. The molecule has 0 saturated heterocycles. The Morgan fingerprint density at radius 1 is 1.10 bits per heavy atom. The van der Waals surface area contributed by atoms with Crippen LogP contribution in [0.25, 0.3) is 0 Å².